The fraction of sp³-hybridized carbons (Fsp3) is 0. The van der Waals surface area contributed by atoms with Crippen molar-refractivity contribution in [3.8, 4) is 0 Å². The molecule has 0 saturated carbocycles. The fourth-order valence-electron chi connectivity index (χ4n) is 2.04. The van der Waals surface area contributed by atoms with Crippen LogP contribution in [-0.4, -0.2) is 15.7 Å². The number of hydrogen-bond acceptors (Lipinski definition) is 2. The highest BCUT2D eigenvalue weighted by Crippen LogP contribution is 2.12. The molecule has 3 nitrogen and oxygen atoms in total. The molecule has 0 aliphatic carbocycles. The predicted molar refractivity (Wildman–Crippen MR) is 88.8 cm³/mol. The second-order valence-electron chi connectivity index (χ2n) is 4.74. The second-order valence-corrected chi connectivity index (χ2v) is 5.18. The first kappa shape index (κ1) is 14.3. The van der Waals surface area contributed by atoms with Gasteiger partial charge >= 0.3 is 0 Å². The molecule has 0 fully saturated rings. The summed E-state index contributed by atoms with van der Waals surface area (Å²) >= 11 is 5.91. The summed E-state index contributed by atoms with van der Waals surface area (Å²) in [6.45, 7) is 0. The first-order valence-corrected chi connectivity index (χ1v) is 7.19. The van der Waals surface area contributed by atoms with Gasteiger partial charge in [-0.1, -0.05) is 54.1 Å². The second kappa shape index (κ2) is 6.41. The molecule has 0 aliphatic rings. The minimum Gasteiger partial charge on any atom is -0.267 e. The summed E-state index contributed by atoms with van der Waals surface area (Å²) in [4.78, 5) is 12.3. The zero-order valence-electron chi connectivity index (χ0n) is 11.7. The van der Waals surface area contributed by atoms with E-state index in [0.29, 0.717) is 10.6 Å². The van der Waals surface area contributed by atoms with Crippen LogP contribution < -0.4 is 0 Å². The van der Waals surface area contributed by atoms with Crippen molar-refractivity contribution in [2.45, 2.75) is 0 Å². The highest BCUT2D eigenvalue weighted by molar-refractivity contribution is 6.30. The van der Waals surface area contributed by atoms with Crippen LogP contribution in [0.3, 0.4) is 0 Å². The Hall–Kier alpha value is -2.65. The van der Waals surface area contributed by atoms with E-state index in [2.05, 4.69) is 5.10 Å². The molecule has 3 aromatic rings. The van der Waals surface area contributed by atoms with E-state index in [1.807, 2.05) is 42.5 Å². The fourth-order valence-corrected chi connectivity index (χ4v) is 2.23. The number of nitrogens with zero attached hydrogens (tertiary/aromatic N) is 2. The van der Waals surface area contributed by atoms with Crippen molar-refractivity contribution in [1.29, 1.82) is 0 Å². The van der Waals surface area contributed by atoms with Gasteiger partial charge in [-0.2, -0.15) is 5.10 Å². The molecule has 0 aliphatic heterocycles. The quantitative estimate of drug-likeness (QED) is 0.719. The topological polar surface area (TPSA) is 34.9 Å². The highest BCUT2D eigenvalue weighted by atomic mass is 35.5. The Morgan fingerprint density at radius 2 is 1.82 bits per heavy atom. The largest absolute Gasteiger partial charge is 0.278 e. The van der Waals surface area contributed by atoms with Gasteiger partial charge in [0.2, 0.25) is 0 Å². The summed E-state index contributed by atoms with van der Waals surface area (Å²) in [6, 6.07) is 18.5. The zero-order chi connectivity index (χ0) is 15.4. The minimum absolute atomic E-state index is 0.207. The Balaban J connectivity index is 1.79. The van der Waals surface area contributed by atoms with E-state index in [-0.39, 0.29) is 5.91 Å². The van der Waals surface area contributed by atoms with E-state index in [1.165, 1.54) is 4.68 Å². The molecule has 2 aromatic carbocycles. The van der Waals surface area contributed by atoms with E-state index in [9.17, 15) is 4.79 Å². The third-order valence-corrected chi connectivity index (χ3v) is 3.37. The van der Waals surface area contributed by atoms with Crippen LogP contribution in [-0.2, 0) is 0 Å². The molecule has 108 valence electrons. The number of carbonyl (C=O) groups is 1. The molecule has 0 radical (unpaired) electrons. The molecule has 22 heavy (non-hydrogen) atoms. The molecule has 0 saturated heterocycles. The highest BCUT2D eigenvalue weighted by Gasteiger charge is 2.09. The molecule has 0 atom stereocenters. The first-order valence-electron chi connectivity index (χ1n) is 6.81. The molecule has 0 N–H and O–H groups in total. The molecule has 0 amide bonds. The van der Waals surface area contributed by atoms with Crippen LogP contribution in [0.1, 0.15) is 21.6 Å². The minimum atomic E-state index is -0.207. The molecule has 1 aromatic heterocycles. The Labute approximate surface area is 133 Å². The zero-order valence-corrected chi connectivity index (χ0v) is 12.4. The van der Waals surface area contributed by atoms with Gasteiger partial charge in [0, 0.05) is 16.8 Å². The molecule has 1 heterocycles. The maximum absolute atomic E-state index is 12.3. The van der Waals surface area contributed by atoms with Crippen LogP contribution in [0.25, 0.3) is 12.2 Å². The van der Waals surface area contributed by atoms with Crippen LogP contribution in [0.2, 0.25) is 5.02 Å². The van der Waals surface area contributed by atoms with E-state index in [0.717, 1.165) is 11.3 Å². The van der Waals surface area contributed by atoms with E-state index >= 15 is 0 Å². The normalized spacial score (nSPS) is 11.0. The number of rotatable bonds is 3. The Morgan fingerprint density at radius 1 is 1.00 bits per heavy atom. The van der Waals surface area contributed by atoms with Crippen LogP contribution in [0.5, 0.6) is 0 Å². The van der Waals surface area contributed by atoms with Gasteiger partial charge in [0.05, 0.1) is 5.69 Å². The van der Waals surface area contributed by atoms with Crippen molar-refractivity contribution >= 4 is 29.7 Å². The van der Waals surface area contributed by atoms with Gasteiger partial charge in [-0.05, 0) is 35.9 Å². The first-order chi connectivity index (χ1) is 10.7. The average molecular weight is 309 g/mol. The lowest BCUT2D eigenvalue weighted by molar-refractivity contribution is 0.0945. The lowest BCUT2D eigenvalue weighted by Crippen LogP contribution is -2.12. The number of benzene rings is 2. The van der Waals surface area contributed by atoms with Gasteiger partial charge < -0.3 is 0 Å². The van der Waals surface area contributed by atoms with E-state index < -0.39 is 0 Å². The van der Waals surface area contributed by atoms with Gasteiger partial charge in [-0.25, -0.2) is 4.68 Å². The smallest absolute Gasteiger partial charge is 0.267 e. The van der Waals surface area contributed by atoms with Gasteiger partial charge in [0.15, 0.2) is 0 Å². The van der Waals surface area contributed by atoms with Gasteiger partial charge in [-0.3, -0.25) is 4.79 Å². The van der Waals surface area contributed by atoms with Crippen LogP contribution in [0.4, 0.5) is 0 Å². The van der Waals surface area contributed by atoms with Crippen molar-refractivity contribution in [3.63, 3.8) is 0 Å². The van der Waals surface area contributed by atoms with Gasteiger partial charge in [0.1, 0.15) is 0 Å². The van der Waals surface area contributed by atoms with Crippen molar-refractivity contribution in [1.82, 2.24) is 9.78 Å². The van der Waals surface area contributed by atoms with Crippen LogP contribution >= 0.6 is 11.6 Å². The number of halogens is 1. The van der Waals surface area contributed by atoms with E-state index in [1.54, 1.807) is 36.5 Å². The molecule has 0 spiro atoms. The van der Waals surface area contributed by atoms with Crippen LogP contribution in [0.15, 0.2) is 66.9 Å². The molecular weight excluding hydrogens is 296 g/mol. The van der Waals surface area contributed by atoms with Crippen molar-refractivity contribution < 1.29 is 4.79 Å². The summed E-state index contributed by atoms with van der Waals surface area (Å²) in [5.74, 6) is -0.207. The lowest BCUT2D eigenvalue weighted by Gasteiger charge is -2.00. The standard InChI is InChI=1S/C18H13ClN2O/c19-16-8-4-7-15(13-16)18(22)21-12-11-17(20-21)10-9-14-5-2-1-3-6-14/h1-13H. The van der Waals surface area contributed by atoms with Crippen molar-refractivity contribution in [2.75, 3.05) is 0 Å². The predicted octanol–water partition coefficient (Wildman–Crippen LogP) is 4.40. The third kappa shape index (κ3) is 3.32. The Bertz CT molecular complexity index is 822. The number of aromatic nitrogens is 2. The molecule has 0 bridgehead atoms. The third-order valence-electron chi connectivity index (χ3n) is 3.14. The summed E-state index contributed by atoms with van der Waals surface area (Å²) in [7, 11) is 0. The van der Waals surface area contributed by atoms with Crippen LogP contribution in [0, 0.1) is 0 Å². The van der Waals surface area contributed by atoms with E-state index in [4.69, 9.17) is 11.6 Å². The average Bonchev–Trinajstić information content (AvgIpc) is 3.02. The van der Waals surface area contributed by atoms with Crippen molar-refractivity contribution in [3.05, 3.63) is 88.7 Å². The summed E-state index contributed by atoms with van der Waals surface area (Å²) in [5, 5.41) is 4.80. The van der Waals surface area contributed by atoms with Gasteiger partial charge in [0.25, 0.3) is 5.91 Å². The Morgan fingerprint density at radius 3 is 2.59 bits per heavy atom. The lowest BCUT2D eigenvalue weighted by atomic mass is 10.2. The summed E-state index contributed by atoms with van der Waals surface area (Å²) < 4.78 is 1.32. The molecule has 3 rings (SSSR count). The monoisotopic (exact) mass is 308 g/mol. The molecule has 4 heteroatoms. The summed E-state index contributed by atoms with van der Waals surface area (Å²) in [5.41, 5.74) is 2.31. The maximum Gasteiger partial charge on any atom is 0.278 e. The maximum atomic E-state index is 12.3. The summed E-state index contributed by atoms with van der Waals surface area (Å²) in [6.07, 6.45) is 5.47. The van der Waals surface area contributed by atoms with Crippen molar-refractivity contribution in [2.24, 2.45) is 0 Å². The number of carbonyl (C=O) groups excluding carboxylic acids is 1. The van der Waals surface area contributed by atoms with Gasteiger partial charge in [-0.15, -0.1) is 0 Å². The molecule has 0 unspecified atom stereocenters. The SMILES string of the molecule is O=C(c1cccc(Cl)c1)n1ccc(C=Cc2ccccc2)n1. The molecular formula is C18H13ClN2O. The Kier molecular flexibility index (Phi) is 4.17. The number of hydrogen-bond donors (Lipinski definition) is 0.